The van der Waals surface area contributed by atoms with Crippen LogP contribution in [0.1, 0.15) is 62.3 Å². The van der Waals surface area contributed by atoms with Gasteiger partial charge in [-0.15, -0.1) is 0 Å². The van der Waals surface area contributed by atoms with Crippen LogP contribution in [-0.4, -0.2) is 77.9 Å². The van der Waals surface area contributed by atoms with Gasteiger partial charge in [-0.2, -0.15) is 0 Å². The van der Waals surface area contributed by atoms with Crippen molar-refractivity contribution < 1.29 is 28.6 Å². The molecular formula is C24H56O6Si3. The Labute approximate surface area is 207 Å². The molecule has 0 amide bonds. The van der Waals surface area contributed by atoms with E-state index in [2.05, 4.69) is 102 Å². The minimum absolute atomic E-state index is 0.0622. The molecule has 0 radical (unpaired) electrons. The highest BCUT2D eigenvalue weighted by molar-refractivity contribution is 6.75. The third kappa shape index (κ3) is 8.79. The first-order valence-electron chi connectivity index (χ1n) is 12.3. The Kier molecular flexibility index (Phi) is 11.3. The highest BCUT2D eigenvalue weighted by Gasteiger charge is 2.50. The molecule has 0 bridgehead atoms. The number of rotatable bonds is 11. The Bertz CT molecular complexity index is 603. The third-order valence-electron chi connectivity index (χ3n) is 8.16. The van der Waals surface area contributed by atoms with E-state index in [1.54, 1.807) is 0 Å². The molecule has 6 nitrogen and oxygen atoms in total. The molecule has 0 saturated heterocycles. The second kappa shape index (κ2) is 11.2. The van der Waals surface area contributed by atoms with Crippen molar-refractivity contribution in [2.45, 2.75) is 141 Å². The maximum absolute atomic E-state index is 11.0. The normalized spacial score (nSPS) is 18.7. The summed E-state index contributed by atoms with van der Waals surface area (Å²) in [5.74, 6) is 0. The third-order valence-corrected chi connectivity index (χ3v) is 21.6. The summed E-state index contributed by atoms with van der Waals surface area (Å²) in [4.78, 5) is 0. The molecule has 33 heavy (non-hydrogen) atoms. The zero-order chi connectivity index (χ0) is 26.8. The zero-order valence-corrected chi connectivity index (χ0v) is 27.3. The molecule has 0 rings (SSSR count). The number of aliphatic hydroxyl groups excluding tert-OH is 3. The average molecular weight is 525 g/mol. The number of hydrogen-bond acceptors (Lipinski definition) is 6. The van der Waals surface area contributed by atoms with Gasteiger partial charge in [0, 0.05) is 0 Å². The molecule has 0 heterocycles. The van der Waals surface area contributed by atoms with Crippen molar-refractivity contribution in [3.63, 3.8) is 0 Å². The van der Waals surface area contributed by atoms with Crippen molar-refractivity contribution in [3.8, 4) is 0 Å². The van der Waals surface area contributed by atoms with Crippen LogP contribution in [0.3, 0.4) is 0 Å². The minimum atomic E-state index is -2.35. The summed E-state index contributed by atoms with van der Waals surface area (Å²) in [6.07, 6.45) is -3.34. The lowest BCUT2D eigenvalue weighted by Crippen LogP contribution is -2.61. The number of hydrogen-bond donors (Lipinski definition) is 3. The van der Waals surface area contributed by atoms with Gasteiger partial charge in [-0.3, -0.25) is 0 Å². The molecule has 0 aromatic heterocycles. The number of aliphatic hydroxyl groups is 3. The summed E-state index contributed by atoms with van der Waals surface area (Å²) in [6.45, 7) is 31.5. The maximum atomic E-state index is 11.0. The average Bonchev–Trinajstić information content (AvgIpc) is 2.59. The lowest BCUT2D eigenvalue weighted by molar-refractivity contribution is -0.108. The van der Waals surface area contributed by atoms with Gasteiger partial charge in [0.05, 0.1) is 25.4 Å². The highest BCUT2D eigenvalue weighted by atomic mass is 28.4. The standard InChI is InChI=1S/C24H56O6Si3/c1-22(2,3)31(10,11)28-19(17-26)21(30-33(14,15)24(7,8)9)20(18(27)16-25)29-32(12,13)23(4,5)6/h18-21,25-27H,16-17H2,1-15H3/t18-,19+,20-,21-/m1/s1. The first kappa shape index (κ1) is 33.4. The Balaban J connectivity index is 6.64. The SMILES string of the molecule is CC(C)(C)[Si](C)(C)O[C@@H]([C@H](O[Si](C)(C)C(C)(C)C)[C@H](CO)O[Si](C)(C)C(C)(C)C)[C@H](O)CO. The first-order valence-corrected chi connectivity index (χ1v) is 21.0. The van der Waals surface area contributed by atoms with Crippen LogP contribution in [0.25, 0.3) is 0 Å². The molecule has 0 spiro atoms. The topological polar surface area (TPSA) is 88.4 Å². The predicted molar refractivity (Wildman–Crippen MR) is 146 cm³/mol. The molecular weight excluding hydrogens is 469 g/mol. The van der Waals surface area contributed by atoms with Crippen molar-refractivity contribution in [2.75, 3.05) is 13.2 Å². The Morgan fingerprint density at radius 1 is 0.545 bits per heavy atom. The molecule has 3 N–H and O–H groups in total. The van der Waals surface area contributed by atoms with Crippen LogP contribution < -0.4 is 0 Å². The largest absolute Gasteiger partial charge is 0.409 e. The Morgan fingerprint density at radius 3 is 1.12 bits per heavy atom. The fourth-order valence-electron chi connectivity index (χ4n) is 2.62. The minimum Gasteiger partial charge on any atom is -0.409 e. The molecule has 0 aromatic carbocycles. The van der Waals surface area contributed by atoms with Gasteiger partial charge in [0.2, 0.25) is 0 Å². The van der Waals surface area contributed by atoms with E-state index in [4.69, 9.17) is 13.3 Å². The molecule has 0 aliphatic heterocycles. The van der Waals surface area contributed by atoms with E-state index in [-0.39, 0.29) is 21.7 Å². The Morgan fingerprint density at radius 2 is 0.848 bits per heavy atom. The van der Waals surface area contributed by atoms with Crippen molar-refractivity contribution in [2.24, 2.45) is 0 Å². The molecule has 0 aliphatic rings. The second-order valence-electron chi connectivity index (χ2n) is 14.0. The van der Waals surface area contributed by atoms with Crippen molar-refractivity contribution in [1.29, 1.82) is 0 Å². The van der Waals surface area contributed by atoms with Gasteiger partial charge in [-0.25, -0.2) is 0 Å². The summed E-state index contributed by atoms with van der Waals surface area (Å²) in [5, 5.41) is 31.2. The van der Waals surface area contributed by atoms with Crippen molar-refractivity contribution in [3.05, 3.63) is 0 Å². The van der Waals surface area contributed by atoms with E-state index >= 15 is 0 Å². The van der Waals surface area contributed by atoms with Gasteiger partial charge >= 0.3 is 0 Å². The van der Waals surface area contributed by atoms with Crippen molar-refractivity contribution >= 4 is 25.0 Å². The molecule has 0 unspecified atom stereocenters. The summed E-state index contributed by atoms with van der Waals surface area (Å²) in [5.41, 5.74) is 0. The fourth-order valence-corrected chi connectivity index (χ4v) is 6.58. The van der Waals surface area contributed by atoms with Gasteiger partial charge < -0.3 is 28.6 Å². The lowest BCUT2D eigenvalue weighted by Gasteiger charge is -2.49. The van der Waals surface area contributed by atoms with Crippen molar-refractivity contribution in [1.82, 2.24) is 0 Å². The van der Waals surface area contributed by atoms with Gasteiger partial charge in [0.15, 0.2) is 25.0 Å². The molecule has 9 heteroatoms. The van der Waals surface area contributed by atoms with Crippen LogP contribution in [0, 0.1) is 0 Å². The van der Waals surface area contributed by atoms with E-state index in [0.29, 0.717) is 0 Å². The van der Waals surface area contributed by atoms with E-state index in [1.165, 1.54) is 0 Å². The molecule has 0 aliphatic carbocycles. The van der Waals surface area contributed by atoms with Crippen LogP contribution in [0.15, 0.2) is 0 Å². The molecule has 200 valence electrons. The summed E-state index contributed by atoms with van der Waals surface area (Å²) >= 11 is 0. The molecule has 0 fully saturated rings. The van der Waals surface area contributed by atoms with Crippen LogP contribution in [-0.2, 0) is 13.3 Å². The first-order chi connectivity index (χ1) is 14.3. The quantitative estimate of drug-likeness (QED) is 0.309. The van der Waals surface area contributed by atoms with E-state index in [1.807, 2.05) is 0 Å². The van der Waals surface area contributed by atoms with Gasteiger partial charge in [0.25, 0.3) is 0 Å². The molecule has 0 aromatic rings. The summed E-state index contributed by atoms with van der Waals surface area (Å²) < 4.78 is 20.2. The maximum Gasteiger partial charge on any atom is 0.192 e. The van der Waals surface area contributed by atoms with Crippen LogP contribution in [0.5, 0.6) is 0 Å². The molecule has 0 saturated carbocycles. The van der Waals surface area contributed by atoms with Gasteiger partial charge in [-0.1, -0.05) is 62.3 Å². The highest BCUT2D eigenvalue weighted by Crippen LogP contribution is 2.43. The monoisotopic (exact) mass is 524 g/mol. The lowest BCUT2D eigenvalue weighted by atomic mass is 10.0. The van der Waals surface area contributed by atoms with E-state index < -0.39 is 56.0 Å². The smallest absolute Gasteiger partial charge is 0.192 e. The Hall–Kier alpha value is 0.411. The van der Waals surface area contributed by atoms with E-state index in [0.717, 1.165) is 0 Å². The predicted octanol–water partition coefficient (Wildman–Crippen LogP) is 5.50. The summed E-state index contributed by atoms with van der Waals surface area (Å²) in [6, 6.07) is 0. The summed E-state index contributed by atoms with van der Waals surface area (Å²) in [7, 11) is -6.96. The molecule has 4 atom stereocenters. The van der Waals surface area contributed by atoms with Crippen LogP contribution in [0.4, 0.5) is 0 Å². The van der Waals surface area contributed by atoms with Crippen LogP contribution >= 0.6 is 0 Å². The zero-order valence-electron chi connectivity index (χ0n) is 24.3. The second-order valence-corrected chi connectivity index (χ2v) is 28.3. The fraction of sp³-hybridized carbons (Fsp3) is 1.00. The van der Waals surface area contributed by atoms with E-state index in [9.17, 15) is 15.3 Å². The van der Waals surface area contributed by atoms with Gasteiger partial charge in [-0.05, 0) is 54.4 Å². The van der Waals surface area contributed by atoms with Gasteiger partial charge in [0.1, 0.15) is 12.2 Å². The van der Waals surface area contributed by atoms with Crippen LogP contribution in [0.2, 0.25) is 54.4 Å².